The van der Waals surface area contributed by atoms with Gasteiger partial charge < -0.3 is 16.2 Å². The Morgan fingerprint density at radius 3 is 2.74 bits per heavy atom. The van der Waals surface area contributed by atoms with Gasteiger partial charge in [0, 0.05) is 11.7 Å². The maximum atomic E-state index is 11.1. The summed E-state index contributed by atoms with van der Waals surface area (Å²) in [5.74, 6) is 1.24. The first kappa shape index (κ1) is 15.8. The topological polar surface area (TPSA) is 101 Å². The summed E-state index contributed by atoms with van der Waals surface area (Å²) < 4.78 is 1.88. The number of nitrogens with two attached hydrogens (primary N) is 1. The number of nitrogens with one attached hydrogen (secondary N) is 1. The Morgan fingerprint density at radius 1 is 1.22 bits per heavy atom. The second-order valence-electron chi connectivity index (χ2n) is 8.81. The summed E-state index contributed by atoms with van der Waals surface area (Å²) in [5.41, 5.74) is 8.24. The van der Waals surface area contributed by atoms with Crippen molar-refractivity contribution in [2.24, 2.45) is 11.8 Å². The van der Waals surface area contributed by atoms with Crippen LogP contribution in [0.2, 0.25) is 0 Å². The Bertz CT molecular complexity index is 1030. The molecule has 27 heavy (non-hydrogen) atoms. The number of rotatable bonds is 3. The van der Waals surface area contributed by atoms with Gasteiger partial charge in [-0.15, -0.1) is 10.2 Å². The molecule has 2 unspecified atom stereocenters. The van der Waals surface area contributed by atoms with E-state index in [1.165, 1.54) is 17.8 Å². The fourth-order valence-corrected chi connectivity index (χ4v) is 6.88. The molecule has 7 rings (SSSR count). The van der Waals surface area contributed by atoms with Crippen LogP contribution in [0.25, 0.3) is 16.1 Å². The summed E-state index contributed by atoms with van der Waals surface area (Å²) in [7, 11) is 0. The standard InChI is InChI=1S/C19H22N6OS/c20-17-24-23-16(27-17)13-9-21-25-3-1-2-14(25)15(13)22-18-5-11-4-12(6-18)8-19(26,7-11)10-18/h1-3,9,11-12,22,26H,4-8,10H2,(H2,20,24)/t11-,12+,18?,19?. The SMILES string of the molecule is Nc1nnc(-c2cnn3cccc3c2NC23C[C@@H]4C[C@@H](CC(O)(C4)C2)C3)s1. The first-order valence-corrected chi connectivity index (χ1v) is 10.4. The molecule has 3 heterocycles. The van der Waals surface area contributed by atoms with E-state index < -0.39 is 5.60 Å². The molecular formula is C19H22N6OS. The number of aliphatic hydroxyl groups is 1. The van der Waals surface area contributed by atoms with Crippen molar-refractivity contribution in [2.45, 2.75) is 49.7 Å². The summed E-state index contributed by atoms with van der Waals surface area (Å²) in [6.45, 7) is 0. The Labute approximate surface area is 160 Å². The lowest BCUT2D eigenvalue weighted by molar-refractivity contribution is -0.127. The molecule has 0 radical (unpaired) electrons. The summed E-state index contributed by atoms with van der Waals surface area (Å²) in [6, 6.07) is 4.07. The van der Waals surface area contributed by atoms with Crippen molar-refractivity contribution in [2.75, 3.05) is 11.1 Å². The molecule has 0 aliphatic heterocycles. The number of fused-ring (bicyclic) bond motifs is 1. The molecule has 4 aliphatic rings. The van der Waals surface area contributed by atoms with Crippen LogP contribution in [0.15, 0.2) is 24.5 Å². The molecule has 0 aromatic carbocycles. The van der Waals surface area contributed by atoms with Crippen molar-refractivity contribution in [1.29, 1.82) is 0 Å². The third-order valence-electron chi connectivity index (χ3n) is 6.66. The quantitative estimate of drug-likeness (QED) is 0.644. The van der Waals surface area contributed by atoms with Crippen molar-refractivity contribution in [3.63, 3.8) is 0 Å². The summed E-state index contributed by atoms with van der Waals surface area (Å²) in [6.07, 6.45) is 10.0. The maximum Gasteiger partial charge on any atom is 0.203 e. The minimum Gasteiger partial charge on any atom is -0.390 e. The van der Waals surface area contributed by atoms with Gasteiger partial charge in [0.25, 0.3) is 0 Å². The van der Waals surface area contributed by atoms with Crippen molar-refractivity contribution in [3.8, 4) is 10.6 Å². The highest BCUT2D eigenvalue weighted by Crippen LogP contribution is 2.58. The van der Waals surface area contributed by atoms with E-state index in [1.807, 2.05) is 23.0 Å². The molecule has 4 aliphatic carbocycles. The average molecular weight is 382 g/mol. The predicted molar refractivity (Wildman–Crippen MR) is 104 cm³/mol. The van der Waals surface area contributed by atoms with Crippen LogP contribution in [0, 0.1) is 11.8 Å². The third kappa shape index (κ3) is 2.39. The number of nitrogen functional groups attached to an aromatic ring is 1. The predicted octanol–water partition coefficient (Wildman–Crippen LogP) is 2.93. The van der Waals surface area contributed by atoms with E-state index >= 15 is 0 Å². The highest BCUT2D eigenvalue weighted by Gasteiger charge is 2.57. The van der Waals surface area contributed by atoms with E-state index in [0.29, 0.717) is 17.0 Å². The normalized spacial score (nSPS) is 34.4. The lowest BCUT2D eigenvalue weighted by atomic mass is 9.51. The van der Waals surface area contributed by atoms with Gasteiger partial charge in [-0.3, -0.25) is 0 Å². The van der Waals surface area contributed by atoms with Gasteiger partial charge in [-0.25, -0.2) is 4.52 Å². The van der Waals surface area contributed by atoms with E-state index in [1.54, 1.807) is 0 Å². The molecule has 7 nitrogen and oxygen atoms in total. The number of hydrogen-bond acceptors (Lipinski definition) is 7. The van der Waals surface area contributed by atoms with Crippen LogP contribution < -0.4 is 11.1 Å². The zero-order chi connectivity index (χ0) is 18.2. The van der Waals surface area contributed by atoms with Crippen LogP contribution in [-0.2, 0) is 0 Å². The molecule has 0 amide bonds. The van der Waals surface area contributed by atoms with Crippen LogP contribution in [0.4, 0.5) is 10.8 Å². The van der Waals surface area contributed by atoms with Gasteiger partial charge in [0.15, 0.2) is 5.01 Å². The van der Waals surface area contributed by atoms with Gasteiger partial charge in [-0.1, -0.05) is 11.3 Å². The zero-order valence-electron chi connectivity index (χ0n) is 14.9. The molecule has 4 atom stereocenters. The molecule has 3 aromatic heterocycles. The van der Waals surface area contributed by atoms with Gasteiger partial charge in [0.2, 0.25) is 5.13 Å². The van der Waals surface area contributed by atoms with Gasteiger partial charge in [-0.05, 0) is 62.5 Å². The molecular weight excluding hydrogens is 360 g/mol. The Balaban J connectivity index is 1.48. The molecule has 0 spiro atoms. The Hall–Kier alpha value is -2.19. The van der Waals surface area contributed by atoms with Crippen molar-refractivity contribution in [3.05, 3.63) is 24.5 Å². The van der Waals surface area contributed by atoms with Crippen molar-refractivity contribution < 1.29 is 5.11 Å². The van der Waals surface area contributed by atoms with E-state index in [-0.39, 0.29) is 5.54 Å². The molecule has 0 saturated heterocycles. The van der Waals surface area contributed by atoms with Gasteiger partial charge in [0.05, 0.1) is 28.6 Å². The van der Waals surface area contributed by atoms with Crippen molar-refractivity contribution >= 4 is 27.7 Å². The number of anilines is 2. The minimum absolute atomic E-state index is 0.0596. The van der Waals surface area contributed by atoms with Crippen LogP contribution in [-0.4, -0.2) is 36.1 Å². The van der Waals surface area contributed by atoms with Gasteiger partial charge in [-0.2, -0.15) is 5.10 Å². The maximum absolute atomic E-state index is 11.1. The van der Waals surface area contributed by atoms with E-state index in [0.717, 1.165) is 53.9 Å². The number of hydrogen-bond donors (Lipinski definition) is 3. The largest absolute Gasteiger partial charge is 0.390 e. The number of nitrogens with zero attached hydrogens (tertiary/aromatic N) is 4. The monoisotopic (exact) mass is 382 g/mol. The molecule has 4 bridgehead atoms. The highest BCUT2D eigenvalue weighted by atomic mass is 32.1. The Kier molecular flexibility index (Phi) is 3.05. The van der Waals surface area contributed by atoms with Crippen LogP contribution in [0.3, 0.4) is 0 Å². The lowest BCUT2D eigenvalue weighted by Gasteiger charge is -2.60. The van der Waals surface area contributed by atoms with Crippen LogP contribution in [0.5, 0.6) is 0 Å². The second kappa shape index (κ2) is 5.20. The first-order valence-electron chi connectivity index (χ1n) is 9.57. The van der Waals surface area contributed by atoms with Gasteiger partial charge in [0.1, 0.15) is 0 Å². The summed E-state index contributed by atoms with van der Waals surface area (Å²) in [5, 5.41) is 29.0. The number of aromatic nitrogens is 4. The molecule has 4 saturated carbocycles. The second-order valence-corrected chi connectivity index (χ2v) is 9.82. The molecule has 4 N–H and O–H groups in total. The fraction of sp³-hybridized carbons (Fsp3) is 0.526. The Morgan fingerprint density at radius 2 is 2.04 bits per heavy atom. The van der Waals surface area contributed by atoms with Crippen LogP contribution >= 0.6 is 11.3 Å². The fourth-order valence-electron chi connectivity index (χ4n) is 6.26. The third-order valence-corrected chi connectivity index (χ3v) is 7.44. The summed E-state index contributed by atoms with van der Waals surface area (Å²) >= 11 is 1.37. The van der Waals surface area contributed by atoms with E-state index in [9.17, 15) is 5.11 Å². The average Bonchev–Trinajstić information content (AvgIpc) is 3.21. The highest BCUT2D eigenvalue weighted by molar-refractivity contribution is 7.18. The molecule has 4 fully saturated rings. The molecule has 8 heteroatoms. The molecule has 3 aromatic rings. The molecule has 140 valence electrons. The van der Waals surface area contributed by atoms with Crippen LogP contribution in [0.1, 0.15) is 38.5 Å². The van der Waals surface area contributed by atoms with Crippen molar-refractivity contribution in [1.82, 2.24) is 19.8 Å². The lowest BCUT2D eigenvalue weighted by Crippen LogP contribution is -2.62. The zero-order valence-corrected chi connectivity index (χ0v) is 15.7. The minimum atomic E-state index is -0.504. The first-order chi connectivity index (χ1) is 13.0. The smallest absolute Gasteiger partial charge is 0.203 e. The summed E-state index contributed by atoms with van der Waals surface area (Å²) in [4.78, 5) is 0. The van der Waals surface area contributed by atoms with E-state index in [2.05, 4.69) is 26.7 Å². The van der Waals surface area contributed by atoms with Gasteiger partial charge >= 0.3 is 0 Å². The van der Waals surface area contributed by atoms with E-state index in [4.69, 9.17) is 5.73 Å².